The second-order valence-corrected chi connectivity index (χ2v) is 11.0. The summed E-state index contributed by atoms with van der Waals surface area (Å²) in [6.07, 6.45) is 1.81. The smallest absolute Gasteiger partial charge is 0.262 e. The zero-order valence-electron chi connectivity index (χ0n) is 22.0. The number of carbonyl (C=O) groups is 1. The lowest BCUT2D eigenvalue weighted by atomic mass is 10.1. The Hall–Kier alpha value is -4.70. The molecule has 0 saturated heterocycles. The Morgan fingerprint density at radius 2 is 1.46 bits per heavy atom. The Labute approximate surface area is 227 Å². The SMILES string of the molecule is CC(=O)Nc1ccc(Nc2nc3c(-c4ccc(NS(=O)(=O)c5c(C)cc(C)cc5C)cc4)cccn3n2)cc1. The minimum atomic E-state index is -3.74. The van der Waals surface area contributed by atoms with E-state index in [-0.39, 0.29) is 5.91 Å². The Balaban J connectivity index is 1.37. The Kier molecular flexibility index (Phi) is 6.80. The van der Waals surface area contributed by atoms with Crippen LogP contribution in [-0.2, 0) is 14.8 Å². The quantitative estimate of drug-likeness (QED) is 0.239. The van der Waals surface area contributed by atoms with Crippen LogP contribution in [0.1, 0.15) is 23.6 Å². The van der Waals surface area contributed by atoms with Gasteiger partial charge in [0.25, 0.3) is 10.0 Å². The van der Waals surface area contributed by atoms with Crippen LogP contribution in [0.25, 0.3) is 16.8 Å². The summed E-state index contributed by atoms with van der Waals surface area (Å²) in [6.45, 7) is 7.02. The van der Waals surface area contributed by atoms with E-state index in [0.717, 1.165) is 22.4 Å². The van der Waals surface area contributed by atoms with Crippen LogP contribution < -0.4 is 15.4 Å². The second-order valence-electron chi connectivity index (χ2n) is 9.42. The maximum atomic E-state index is 13.1. The highest BCUT2D eigenvalue weighted by molar-refractivity contribution is 7.92. The molecule has 0 spiro atoms. The van der Waals surface area contributed by atoms with Crippen LogP contribution in [0.15, 0.2) is 83.9 Å². The molecule has 0 fully saturated rings. The van der Waals surface area contributed by atoms with Crippen LogP contribution in [0.3, 0.4) is 0 Å². The van der Waals surface area contributed by atoms with Crippen molar-refractivity contribution >= 4 is 44.6 Å². The first-order chi connectivity index (χ1) is 18.6. The van der Waals surface area contributed by atoms with Gasteiger partial charge in [0.15, 0.2) is 5.65 Å². The van der Waals surface area contributed by atoms with Crippen molar-refractivity contribution in [1.82, 2.24) is 14.6 Å². The second kappa shape index (κ2) is 10.2. The van der Waals surface area contributed by atoms with Crippen molar-refractivity contribution in [2.24, 2.45) is 0 Å². The van der Waals surface area contributed by atoms with Gasteiger partial charge in [-0.25, -0.2) is 12.9 Å². The fourth-order valence-electron chi connectivity index (χ4n) is 4.67. The molecule has 2 aromatic heterocycles. The van der Waals surface area contributed by atoms with Gasteiger partial charge in [0, 0.05) is 35.7 Å². The number of hydrogen-bond donors (Lipinski definition) is 3. The first-order valence-corrected chi connectivity index (χ1v) is 13.8. The molecule has 2 heterocycles. The number of fused-ring (bicyclic) bond motifs is 1. The maximum Gasteiger partial charge on any atom is 0.262 e. The van der Waals surface area contributed by atoms with E-state index in [0.29, 0.717) is 39.0 Å². The molecular formula is C29H28N6O3S. The minimum absolute atomic E-state index is 0.132. The Bertz CT molecular complexity index is 1770. The van der Waals surface area contributed by atoms with Crippen LogP contribution in [0, 0.1) is 20.8 Å². The number of anilines is 4. The summed E-state index contributed by atoms with van der Waals surface area (Å²) in [5, 5.41) is 10.4. The molecule has 198 valence electrons. The molecule has 10 heteroatoms. The number of aryl methyl sites for hydroxylation is 3. The van der Waals surface area contributed by atoms with Crippen molar-refractivity contribution in [1.29, 1.82) is 0 Å². The summed E-state index contributed by atoms with van der Waals surface area (Å²) in [4.78, 5) is 16.2. The number of benzene rings is 3. The molecule has 5 rings (SSSR count). The summed E-state index contributed by atoms with van der Waals surface area (Å²) in [6, 6.07) is 22.0. The fourth-order valence-corrected chi connectivity index (χ4v) is 6.18. The van der Waals surface area contributed by atoms with Crippen molar-refractivity contribution in [3.8, 4) is 11.1 Å². The van der Waals surface area contributed by atoms with Crippen LogP contribution in [0.4, 0.5) is 23.0 Å². The molecule has 9 nitrogen and oxygen atoms in total. The average molecular weight is 541 g/mol. The molecular weight excluding hydrogens is 512 g/mol. The van der Waals surface area contributed by atoms with E-state index in [1.54, 1.807) is 42.6 Å². The number of nitrogens with one attached hydrogen (secondary N) is 3. The molecule has 0 atom stereocenters. The third kappa shape index (κ3) is 5.60. The molecule has 0 aliphatic heterocycles. The monoisotopic (exact) mass is 540 g/mol. The van der Waals surface area contributed by atoms with Crippen LogP contribution in [0.5, 0.6) is 0 Å². The van der Waals surface area contributed by atoms with E-state index in [2.05, 4.69) is 25.4 Å². The average Bonchev–Trinajstić information content (AvgIpc) is 3.27. The van der Waals surface area contributed by atoms with Gasteiger partial charge in [0.1, 0.15) is 0 Å². The molecule has 0 saturated carbocycles. The topological polar surface area (TPSA) is 117 Å². The zero-order chi connectivity index (χ0) is 27.7. The first-order valence-electron chi connectivity index (χ1n) is 12.3. The number of sulfonamides is 1. The summed E-state index contributed by atoms with van der Waals surface area (Å²) >= 11 is 0. The summed E-state index contributed by atoms with van der Waals surface area (Å²) in [5.74, 6) is 0.287. The molecule has 5 aromatic rings. The van der Waals surface area contributed by atoms with Crippen molar-refractivity contribution in [3.63, 3.8) is 0 Å². The number of rotatable bonds is 7. The van der Waals surface area contributed by atoms with Crippen molar-refractivity contribution < 1.29 is 13.2 Å². The maximum absolute atomic E-state index is 13.1. The molecule has 0 aliphatic carbocycles. The highest BCUT2D eigenvalue weighted by Gasteiger charge is 2.20. The Morgan fingerprint density at radius 1 is 0.846 bits per heavy atom. The van der Waals surface area contributed by atoms with Crippen molar-refractivity contribution in [3.05, 3.63) is 95.7 Å². The molecule has 0 aliphatic rings. The lowest BCUT2D eigenvalue weighted by Gasteiger charge is -2.14. The van der Waals surface area contributed by atoms with Crippen LogP contribution in [0.2, 0.25) is 0 Å². The molecule has 1 amide bonds. The van der Waals surface area contributed by atoms with Gasteiger partial charge in [0.05, 0.1) is 4.90 Å². The standard InChI is InChI=1S/C29H28N6O3S/c1-18-16-19(2)27(20(3)17-18)39(37,38)34-25-9-7-22(8-10-25)26-6-5-15-35-28(26)32-29(33-35)31-24-13-11-23(12-14-24)30-21(4)36/h5-17,34H,1-4H3,(H,30,36)(H,31,33). The highest BCUT2D eigenvalue weighted by atomic mass is 32.2. The molecule has 0 unspecified atom stereocenters. The van der Waals surface area contributed by atoms with Crippen molar-refractivity contribution in [2.45, 2.75) is 32.6 Å². The van der Waals surface area contributed by atoms with Crippen molar-refractivity contribution in [2.75, 3.05) is 15.4 Å². The fraction of sp³-hybridized carbons (Fsp3) is 0.138. The first kappa shape index (κ1) is 25.9. The minimum Gasteiger partial charge on any atom is -0.326 e. The number of carbonyl (C=O) groups excluding carboxylic acids is 1. The summed E-state index contributed by atoms with van der Waals surface area (Å²) < 4.78 is 30.7. The third-order valence-electron chi connectivity index (χ3n) is 6.15. The van der Waals surface area contributed by atoms with E-state index in [4.69, 9.17) is 0 Å². The van der Waals surface area contributed by atoms with E-state index in [1.165, 1.54) is 6.92 Å². The molecule has 3 aromatic carbocycles. The molecule has 0 radical (unpaired) electrons. The molecule has 0 bridgehead atoms. The number of pyridine rings is 1. The van der Waals surface area contributed by atoms with E-state index >= 15 is 0 Å². The van der Waals surface area contributed by atoms with E-state index < -0.39 is 10.0 Å². The number of hydrogen-bond acceptors (Lipinski definition) is 6. The Morgan fingerprint density at radius 3 is 2.10 bits per heavy atom. The van der Waals surface area contributed by atoms with Crippen LogP contribution >= 0.6 is 0 Å². The third-order valence-corrected chi connectivity index (χ3v) is 7.83. The summed E-state index contributed by atoms with van der Waals surface area (Å²) in [5.41, 5.74) is 6.75. The van der Waals surface area contributed by atoms with Gasteiger partial charge in [0.2, 0.25) is 11.9 Å². The van der Waals surface area contributed by atoms with Gasteiger partial charge in [-0.1, -0.05) is 29.8 Å². The van der Waals surface area contributed by atoms with Gasteiger partial charge < -0.3 is 10.6 Å². The number of aromatic nitrogens is 3. The lowest BCUT2D eigenvalue weighted by molar-refractivity contribution is -0.114. The largest absolute Gasteiger partial charge is 0.326 e. The predicted octanol–water partition coefficient (Wildman–Crippen LogP) is 5.82. The zero-order valence-corrected chi connectivity index (χ0v) is 22.8. The number of nitrogens with zero attached hydrogens (tertiary/aromatic N) is 3. The van der Waals surface area contributed by atoms with Gasteiger partial charge in [-0.05, 0) is 86.0 Å². The van der Waals surface area contributed by atoms with E-state index in [9.17, 15) is 13.2 Å². The van der Waals surface area contributed by atoms with Gasteiger partial charge in [-0.2, -0.15) is 4.98 Å². The molecule has 3 N–H and O–H groups in total. The number of amides is 1. The lowest BCUT2D eigenvalue weighted by Crippen LogP contribution is -2.15. The van der Waals surface area contributed by atoms with Gasteiger partial charge >= 0.3 is 0 Å². The van der Waals surface area contributed by atoms with Gasteiger partial charge in [-0.3, -0.25) is 9.52 Å². The van der Waals surface area contributed by atoms with E-state index in [1.807, 2.05) is 61.7 Å². The highest BCUT2D eigenvalue weighted by Crippen LogP contribution is 2.28. The van der Waals surface area contributed by atoms with Gasteiger partial charge in [-0.15, -0.1) is 5.10 Å². The van der Waals surface area contributed by atoms with Crippen LogP contribution in [-0.4, -0.2) is 28.9 Å². The normalized spacial score (nSPS) is 11.4. The summed E-state index contributed by atoms with van der Waals surface area (Å²) in [7, 11) is -3.74. The predicted molar refractivity (Wildman–Crippen MR) is 154 cm³/mol. The molecule has 39 heavy (non-hydrogen) atoms.